The maximum atomic E-state index is 13.6. The van der Waals surface area contributed by atoms with Crippen LogP contribution in [0.1, 0.15) is 47.0 Å². The van der Waals surface area contributed by atoms with Gasteiger partial charge in [-0.25, -0.2) is 9.97 Å². The molecule has 2 aromatic heterocycles. The number of carbonyl (C=O) groups is 1. The van der Waals surface area contributed by atoms with Gasteiger partial charge in [-0.1, -0.05) is 66.7 Å². The maximum Gasteiger partial charge on any atom is 0.294 e. The summed E-state index contributed by atoms with van der Waals surface area (Å²) in [5.74, 6) is 0.542. The molecule has 8 nitrogen and oxygen atoms in total. The van der Waals surface area contributed by atoms with E-state index in [1.165, 1.54) is 11.1 Å². The Bertz CT molecular complexity index is 1510. The number of aromatic nitrogens is 3. The summed E-state index contributed by atoms with van der Waals surface area (Å²) in [6.45, 7) is 2.19. The highest BCUT2D eigenvalue weighted by Gasteiger charge is 2.57. The van der Waals surface area contributed by atoms with Gasteiger partial charge in [0.25, 0.3) is 5.56 Å². The fourth-order valence-electron chi connectivity index (χ4n) is 5.76. The second-order valence-electron chi connectivity index (χ2n) is 10.1. The van der Waals surface area contributed by atoms with Crippen LogP contribution in [0, 0.1) is 6.92 Å². The van der Waals surface area contributed by atoms with Gasteiger partial charge in [0.05, 0.1) is 0 Å². The molecule has 3 heterocycles. The molecule has 1 fully saturated rings. The van der Waals surface area contributed by atoms with Crippen molar-refractivity contribution in [1.29, 1.82) is 0 Å². The van der Waals surface area contributed by atoms with Gasteiger partial charge in [0.1, 0.15) is 11.9 Å². The summed E-state index contributed by atoms with van der Waals surface area (Å²) in [5, 5.41) is 6.41. The average molecular weight is 507 g/mol. The molecule has 1 saturated carbocycles. The fraction of sp³-hybridized carbons (Fsp3) is 0.267. The lowest BCUT2D eigenvalue weighted by Gasteiger charge is -2.20. The molecule has 38 heavy (non-hydrogen) atoms. The highest BCUT2D eigenvalue weighted by Crippen LogP contribution is 2.54. The van der Waals surface area contributed by atoms with Gasteiger partial charge in [-0.15, -0.1) is 0 Å². The van der Waals surface area contributed by atoms with Crippen molar-refractivity contribution in [2.75, 3.05) is 11.1 Å². The number of aryl methyl sites for hydroxylation is 2. The van der Waals surface area contributed by atoms with Gasteiger partial charge in [-0.05, 0) is 48.9 Å². The van der Waals surface area contributed by atoms with Crippen LogP contribution in [-0.4, -0.2) is 26.5 Å². The van der Waals surface area contributed by atoms with E-state index in [-0.39, 0.29) is 28.7 Å². The van der Waals surface area contributed by atoms with Gasteiger partial charge in [0, 0.05) is 35.6 Å². The Labute approximate surface area is 221 Å². The molecule has 4 N–H and O–H groups in total. The number of nitrogens with zero attached hydrogens (tertiary/aromatic N) is 3. The summed E-state index contributed by atoms with van der Waals surface area (Å²) < 4.78 is 1.61. The molecule has 6 rings (SSSR count). The normalized spacial score (nSPS) is 19.0. The highest BCUT2D eigenvalue weighted by molar-refractivity contribution is 5.81. The van der Waals surface area contributed by atoms with Crippen molar-refractivity contribution in [1.82, 2.24) is 19.9 Å². The number of nitrogens with two attached hydrogens (primary N) is 1. The molecule has 0 radical (unpaired) electrons. The molecular weight excluding hydrogens is 476 g/mol. The van der Waals surface area contributed by atoms with E-state index >= 15 is 0 Å². The van der Waals surface area contributed by atoms with Crippen LogP contribution in [0.25, 0.3) is 0 Å². The van der Waals surface area contributed by atoms with E-state index < -0.39 is 6.04 Å². The van der Waals surface area contributed by atoms with E-state index in [2.05, 4.69) is 44.9 Å². The Morgan fingerprint density at radius 3 is 2.39 bits per heavy atom. The first-order valence-electron chi connectivity index (χ1n) is 12.9. The smallest absolute Gasteiger partial charge is 0.294 e. The molecule has 0 spiro atoms. The van der Waals surface area contributed by atoms with Gasteiger partial charge in [0.15, 0.2) is 5.82 Å². The first-order chi connectivity index (χ1) is 18.5. The van der Waals surface area contributed by atoms with E-state index in [1.807, 2.05) is 49.4 Å². The number of hydrogen-bond donors (Lipinski definition) is 3. The Morgan fingerprint density at radius 2 is 1.74 bits per heavy atom. The predicted molar refractivity (Wildman–Crippen MR) is 147 cm³/mol. The van der Waals surface area contributed by atoms with Crippen molar-refractivity contribution in [3.8, 4) is 0 Å². The van der Waals surface area contributed by atoms with Crippen LogP contribution in [0.2, 0.25) is 0 Å². The Morgan fingerprint density at radius 1 is 1.05 bits per heavy atom. The molecule has 0 saturated heterocycles. The molecule has 4 aromatic rings. The van der Waals surface area contributed by atoms with Crippen LogP contribution in [0.5, 0.6) is 0 Å². The van der Waals surface area contributed by atoms with Gasteiger partial charge in [-0.3, -0.25) is 14.2 Å². The van der Waals surface area contributed by atoms with Crippen molar-refractivity contribution in [2.24, 2.45) is 0 Å². The van der Waals surface area contributed by atoms with E-state index in [0.717, 1.165) is 23.4 Å². The third-order valence-corrected chi connectivity index (χ3v) is 7.88. The molecule has 1 amide bonds. The second kappa shape index (κ2) is 9.45. The number of carbonyl (C=O) groups excluding carboxylic acids is 1. The maximum absolute atomic E-state index is 13.6. The summed E-state index contributed by atoms with van der Waals surface area (Å²) in [5.41, 5.74) is 10.1. The van der Waals surface area contributed by atoms with Crippen LogP contribution in [-0.2, 0) is 23.2 Å². The first kappa shape index (κ1) is 23.9. The zero-order valence-corrected chi connectivity index (χ0v) is 21.2. The van der Waals surface area contributed by atoms with Gasteiger partial charge < -0.3 is 16.4 Å². The third-order valence-electron chi connectivity index (χ3n) is 7.88. The summed E-state index contributed by atoms with van der Waals surface area (Å²) in [6.07, 6.45) is 3.76. The lowest BCUT2D eigenvalue weighted by Crippen LogP contribution is -2.37. The molecule has 1 aliphatic carbocycles. The number of nitrogens with one attached hydrogen (secondary N) is 2. The molecule has 2 aromatic carbocycles. The van der Waals surface area contributed by atoms with E-state index in [0.29, 0.717) is 25.2 Å². The van der Waals surface area contributed by atoms with Crippen molar-refractivity contribution in [3.05, 3.63) is 117 Å². The second-order valence-corrected chi connectivity index (χ2v) is 10.1. The molecule has 0 bridgehead atoms. The van der Waals surface area contributed by atoms with Crippen molar-refractivity contribution >= 4 is 17.5 Å². The van der Waals surface area contributed by atoms with Crippen molar-refractivity contribution in [3.63, 3.8) is 0 Å². The quantitative estimate of drug-likeness (QED) is 0.353. The molecule has 2 atom stereocenters. The van der Waals surface area contributed by atoms with E-state index in [4.69, 9.17) is 5.73 Å². The molecule has 1 unspecified atom stereocenters. The van der Waals surface area contributed by atoms with Crippen LogP contribution in [0.4, 0.5) is 11.6 Å². The lowest BCUT2D eigenvalue weighted by molar-refractivity contribution is -0.124. The highest BCUT2D eigenvalue weighted by atomic mass is 16.2. The Kier molecular flexibility index (Phi) is 5.94. The standard InChI is InChI=1S/C30H30N6O2/c1-19-20(12-15-26(31)34-19)17-33-28(37)24-14-13-23-18-32-27(29(38)36(23)24)35-25-16-30(25,21-8-4-2-5-9-21)22-10-6-3-7-11-22/h2-12,15,18,24-25H,13-14,16-17H2,1H3,(H2,31,34)(H,32,35)(H,33,37)/t24-,25?/m0/s1. The van der Waals surface area contributed by atoms with E-state index in [9.17, 15) is 9.59 Å². The number of hydrogen-bond acceptors (Lipinski definition) is 6. The van der Waals surface area contributed by atoms with E-state index in [1.54, 1.807) is 16.8 Å². The fourth-order valence-corrected chi connectivity index (χ4v) is 5.76. The van der Waals surface area contributed by atoms with Crippen LogP contribution >= 0.6 is 0 Å². The van der Waals surface area contributed by atoms with Crippen LogP contribution in [0.3, 0.4) is 0 Å². The van der Waals surface area contributed by atoms with Crippen LogP contribution < -0.4 is 21.9 Å². The number of nitrogen functional groups attached to an aromatic ring is 1. The van der Waals surface area contributed by atoms with Gasteiger partial charge >= 0.3 is 0 Å². The summed E-state index contributed by atoms with van der Waals surface area (Å²) in [4.78, 5) is 35.5. The lowest BCUT2D eigenvalue weighted by atomic mass is 9.87. The number of anilines is 2. The topological polar surface area (TPSA) is 115 Å². The minimum Gasteiger partial charge on any atom is -0.384 e. The zero-order valence-electron chi connectivity index (χ0n) is 21.2. The number of pyridine rings is 1. The predicted octanol–water partition coefficient (Wildman–Crippen LogP) is 3.50. The molecule has 192 valence electrons. The number of amides is 1. The van der Waals surface area contributed by atoms with Gasteiger partial charge in [0.2, 0.25) is 5.91 Å². The number of fused-ring (bicyclic) bond motifs is 1. The summed E-state index contributed by atoms with van der Waals surface area (Å²) in [6, 6.07) is 23.8. The molecular formula is C30H30N6O2. The molecule has 1 aliphatic heterocycles. The van der Waals surface area contributed by atoms with Crippen molar-refractivity contribution in [2.45, 2.75) is 50.2 Å². The summed E-state index contributed by atoms with van der Waals surface area (Å²) >= 11 is 0. The Hall–Kier alpha value is -4.46. The summed E-state index contributed by atoms with van der Waals surface area (Å²) in [7, 11) is 0. The number of rotatable bonds is 7. The van der Waals surface area contributed by atoms with Crippen LogP contribution in [0.15, 0.2) is 83.8 Å². The zero-order chi connectivity index (χ0) is 26.3. The largest absolute Gasteiger partial charge is 0.384 e. The first-order valence-corrected chi connectivity index (χ1v) is 12.9. The minimum absolute atomic E-state index is 0.0146. The van der Waals surface area contributed by atoms with Gasteiger partial charge in [-0.2, -0.15) is 0 Å². The molecule has 8 heteroatoms. The minimum atomic E-state index is -0.574. The number of benzene rings is 2. The third kappa shape index (κ3) is 4.12. The van der Waals surface area contributed by atoms with Crippen molar-refractivity contribution < 1.29 is 4.79 Å². The monoisotopic (exact) mass is 506 g/mol. The molecule has 2 aliphatic rings. The SMILES string of the molecule is Cc1nc(N)ccc1CNC(=O)[C@@H]1CCc2cnc(NC3CC3(c3ccccc3)c3ccccc3)c(=O)n21. The Balaban J connectivity index is 1.24. The average Bonchev–Trinajstić information content (AvgIpc) is 3.49.